The normalized spacial score (nSPS) is 20.6. The van der Waals surface area contributed by atoms with Gasteiger partial charge in [0.25, 0.3) is 5.91 Å². The fourth-order valence-corrected chi connectivity index (χ4v) is 4.31. The molecule has 1 amide bonds. The first kappa shape index (κ1) is 17.8. The second-order valence-electron chi connectivity index (χ2n) is 7.42. The molecule has 1 unspecified atom stereocenters. The Hall–Kier alpha value is -3.29. The third kappa shape index (κ3) is 3.04. The molecule has 2 aromatic carbocycles. The molecule has 0 spiro atoms. The standard InChI is InChI=1S/C22H21N5O2/c28-21(25-29)17-11-23-22(24-12-17)27-14-18-19(27)13-26(18)20(15-7-3-1-4-8-15)16-9-5-2-6-10-16/h1-12,18-20,29H,13-14H2,(H,25,28)/t18-,19?/m1/s1. The summed E-state index contributed by atoms with van der Waals surface area (Å²) in [5.41, 5.74) is 4.42. The van der Waals surface area contributed by atoms with Crippen molar-refractivity contribution >= 4 is 11.9 Å². The number of aromatic nitrogens is 2. The Labute approximate surface area is 168 Å². The topological polar surface area (TPSA) is 81.6 Å². The lowest BCUT2D eigenvalue weighted by molar-refractivity contribution is -0.0150. The van der Waals surface area contributed by atoms with E-state index in [0.717, 1.165) is 13.1 Å². The summed E-state index contributed by atoms with van der Waals surface area (Å²) < 4.78 is 0. The third-order valence-corrected chi connectivity index (χ3v) is 5.87. The molecule has 146 valence electrons. The molecular formula is C22H21N5O2. The van der Waals surface area contributed by atoms with Crippen LogP contribution in [0.2, 0.25) is 0 Å². The number of benzene rings is 2. The smallest absolute Gasteiger partial charge is 0.277 e. The lowest BCUT2D eigenvalue weighted by Crippen LogP contribution is -2.79. The molecule has 0 radical (unpaired) electrons. The Bertz CT molecular complexity index is 957. The van der Waals surface area contributed by atoms with E-state index in [9.17, 15) is 4.79 Å². The maximum atomic E-state index is 11.4. The van der Waals surface area contributed by atoms with Gasteiger partial charge in [-0.3, -0.25) is 14.9 Å². The molecule has 0 bridgehead atoms. The van der Waals surface area contributed by atoms with E-state index in [1.54, 1.807) is 5.48 Å². The molecule has 2 aliphatic rings. The zero-order chi connectivity index (χ0) is 19.8. The van der Waals surface area contributed by atoms with Crippen molar-refractivity contribution in [2.75, 3.05) is 18.0 Å². The Morgan fingerprint density at radius 1 is 0.931 bits per heavy atom. The number of anilines is 1. The van der Waals surface area contributed by atoms with E-state index >= 15 is 0 Å². The number of hydroxylamine groups is 1. The maximum Gasteiger partial charge on any atom is 0.277 e. The summed E-state index contributed by atoms with van der Waals surface area (Å²) in [5.74, 6) is 0.0118. The summed E-state index contributed by atoms with van der Waals surface area (Å²) in [6.45, 7) is 1.79. The largest absolute Gasteiger partial charge is 0.333 e. The van der Waals surface area contributed by atoms with Crippen LogP contribution in [0.3, 0.4) is 0 Å². The van der Waals surface area contributed by atoms with Gasteiger partial charge >= 0.3 is 0 Å². The predicted octanol–water partition coefficient (Wildman–Crippen LogP) is 2.26. The molecule has 3 aromatic rings. The average molecular weight is 387 g/mol. The zero-order valence-corrected chi connectivity index (χ0v) is 15.7. The van der Waals surface area contributed by atoms with Crippen LogP contribution in [0.5, 0.6) is 0 Å². The quantitative estimate of drug-likeness (QED) is 0.516. The van der Waals surface area contributed by atoms with Gasteiger partial charge in [-0.2, -0.15) is 0 Å². The first-order valence-electron chi connectivity index (χ1n) is 9.65. The van der Waals surface area contributed by atoms with Crippen LogP contribution in [0.4, 0.5) is 5.95 Å². The fourth-order valence-electron chi connectivity index (χ4n) is 4.31. The van der Waals surface area contributed by atoms with Crippen LogP contribution in [0.1, 0.15) is 27.5 Å². The number of likely N-dealkylation sites (tertiary alicyclic amines) is 1. The Balaban J connectivity index is 1.33. The van der Waals surface area contributed by atoms with Gasteiger partial charge in [-0.25, -0.2) is 15.4 Å². The Kier molecular flexibility index (Phi) is 4.46. The van der Waals surface area contributed by atoms with Gasteiger partial charge < -0.3 is 4.90 Å². The minimum absolute atomic E-state index is 0.233. The van der Waals surface area contributed by atoms with Crippen LogP contribution in [0.25, 0.3) is 0 Å². The van der Waals surface area contributed by atoms with Gasteiger partial charge in [0.05, 0.1) is 17.6 Å². The van der Waals surface area contributed by atoms with Crippen LogP contribution in [-0.2, 0) is 0 Å². The van der Waals surface area contributed by atoms with Gasteiger partial charge in [-0.05, 0) is 11.1 Å². The van der Waals surface area contributed by atoms with Gasteiger partial charge in [0.2, 0.25) is 5.95 Å². The van der Waals surface area contributed by atoms with E-state index in [0.29, 0.717) is 18.0 Å². The van der Waals surface area contributed by atoms with Crippen molar-refractivity contribution in [2.45, 2.75) is 18.1 Å². The van der Waals surface area contributed by atoms with E-state index in [1.165, 1.54) is 23.5 Å². The minimum atomic E-state index is -0.610. The molecule has 2 atom stereocenters. The summed E-state index contributed by atoms with van der Waals surface area (Å²) in [4.78, 5) is 24.7. The fraction of sp³-hybridized carbons (Fsp3) is 0.227. The van der Waals surface area contributed by atoms with Crippen molar-refractivity contribution in [1.82, 2.24) is 20.3 Å². The molecule has 3 heterocycles. The summed E-state index contributed by atoms with van der Waals surface area (Å²) in [6, 6.07) is 22.3. The number of amides is 1. The molecule has 2 aliphatic heterocycles. The lowest BCUT2D eigenvalue weighted by atomic mass is 9.81. The SMILES string of the molecule is O=C(NO)c1cnc(N2C[C@@H]3C2CN3C(c2ccccc2)c2ccccc2)nc1. The molecule has 2 N–H and O–H groups in total. The predicted molar refractivity (Wildman–Crippen MR) is 108 cm³/mol. The summed E-state index contributed by atoms with van der Waals surface area (Å²) in [5, 5.41) is 8.71. The van der Waals surface area contributed by atoms with Gasteiger partial charge in [0, 0.05) is 31.5 Å². The zero-order valence-electron chi connectivity index (χ0n) is 15.7. The molecule has 2 fully saturated rings. The average Bonchev–Trinajstić information content (AvgIpc) is 2.78. The second-order valence-corrected chi connectivity index (χ2v) is 7.42. The number of piperazine rings is 1. The first-order chi connectivity index (χ1) is 14.3. The summed E-state index contributed by atoms with van der Waals surface area (Å²) >= 11 is 0. The number of fused-ring (bicyclic) bond motifs is 1. The highest BCUT2D eigenvalue weighted by Gasteiger charge is 2.54. The number of carbonyl (C=O) groups is 1. The number of carbonyl (C=O) groups excluding carboxylic acids is 1. The molecule has 7 nitrogen and oxygen atoms in total. The van der Waals surface area contributed by atoms with Crippen LogP contribution >= 0.6 is 0 Å². The van der Waals surface area contributed by atoms with Crippen molar-refractivity contribution in [3.05, 3.63) is 89.7 Å². The van der Waals surface area contributed by atoms with E-state index in [-0.39, 0.29) is 11.6 Å². The first-order valence-corrected chi connectivity index (χ1v) is 9.65. The highest BCUT2D eigenvalue weighted by Crippen LogP contribution is 2.43. The van der Waals surface area contributed by atoms with Crippen LogP contribution in [0.15, 0.2) is 73.1 Å². The minimum Gasteiger partial charge on any atom is -0.333 e. The van der Waals surface area contributed by atoms with Crippen molar-refractivity contribution < 1.29 is 10.0 Å². The monoisotopic (exact) mass is 387 g/mol. The third-order valence-electron chi connectivity index (χ3n) is 5.87. The van der Waals surface area contributed by atoms with E-state index in [2.05, 4.69) is 68.3 Å². The molecule has 1 aromatic heterocycles. The molecule has 29 heavy (non-hydrogen) atoms. The summed E-state index contributed by atoms with van der Waals surface area (Å²) in [7, 11) is 0. The second kappa shape index (κ2) is 7.27. The number of hydrogen-bond donors (Lipinski definition) is 2. The Morgan fingerprint density at radius 2 is 1.52 bits per heavy atom. The maximum absolute atomic E-state index is 11.4. The Morgan fingerprint density at radius 3 is 2.00 bits per heavy atom. The molecule has 2 saturated heterocycles. The number of hydrogen-bond acceptors (Lipinski definition) is 6. The highest BCUT2D eigenvalue weighted by molar-refractivity contribution is 5.92. The van der Waals surface area contributed by atoms with Gasteiger partial charge in [0.15, 0.2) is 0 Å². The molecule has 0 aliphatic carbocycles. The van der Waals surface area contributed by atoms with E-state index < -0.39 is 5.91 Å². The number of nitrogens with zero attached hydrogens (tertiary/aromatic N) is 4. The van der Waals surface area contributed by atoms with Crippen molar-refractivity contribution in [3.8, 4) is 0 Å². The number of nitrogens with one attached hydrogen (secondary N) is 1. The summed E-state index contributed by atoms with van der Waals surface area (Å²) in [6.07, 6.45) is 2.88. The molecule has 7 heteroatoms. The molecule has 5 rings (SSSR count). The molecular weight excluding hydrogens is 366 g/mol. The van der Waals surface area contributed by atoms with Crippen molar-refractivity contribution in [2.24, 2.45) is 0 Å². The lowest BCUT2D eigenvalue weighted by Gasteiger charge is -2.64. The molecule has 0 saturated carbocycles. The van der Waals surface area contributed by atoms with Crippen molar-refractivity contribution in [1.29, 1.82) is 0 Å². The number of rotatable bonds is 5. The van der Waals surface area contributed by atoms with Crippen LogP contribution < -0.4 is 10.4 Å². The van der Waals surface area contributed by atoms with Gasteiger partial charge in [-0.15, -0.1) is 0 Å². The highest BCUT2D eigenvalue weighted by atomic mass is 16.5. The van der Waals surface area contributed by atoms with Crippen LogP contribution in [0, 0.1) is 0 Å². The van der Waals surface area contributed by atoms with Gasteiger partial charge in [0.1, 0.15) is 0 Å². The van der Waals surface area contributed by atoms with E-state index in [1.807, 2.05) is 12.1 Å². The van der Waals surface area contributed by atoms with Gasteiger partial charge in [-0.1, -0.05) is 60.7 Å². The van der Waals surface area contributed by atoms with Crippen LogP contribution in [-0.4, -0.2) is 51.2 Å². The van der Waals surface area contributed by atoms with E-state index in [4.69, 9.17) is 5.21 Å². The van der Waals surface area contributed by atoms with Crippen molar-refractivity contribution in [3.63, 3.8) is 0 Å².